The molecular weight excluding hydrogens is 286 g/mol. The van der Waals surface area contributed by atoms with Gasteiger partial charge in [-0.25, -0.2) is 0 Å². The molecule has 0 aliphatic carbocycles. The predicted octanol–water partition coefficient (Wildman–Crippen LogP) is 0.895. The Bertz CT molecular complexity index is 427. The Morgan fingerprint density at radius 3 is 2.50 bits per heavy atom. The number of ether oxygens (including phenoxy) is 3. The molecule has 1 aromatic rings. The molecule has 0 saturated carbocycles. The summed E-state index contributed by atoms with van der Waals surface area (Å²) in [6, 6.07) is 5.58. The first-order chi connectivity index (χ1) is 10.6. The molecule has 22 heavy (non-hydrogen) atoms. The van der Waals surface area contributed by atoms with Crippen LogP contribution in [0.3, 0.4) is 0 Å². The van der Waals surface area contributed by atoms with Crippen LogP contribution in [0, 0.1) is 0 Å². The van der Waals surface area contributed by atoms with Crippen LogP contribution in [0.5, 0.6) is 11.5 Å². The van der Waals surface area contributed by atoms with Crippen LogP contribution in [-0.4, -0.2) is 68.3 Å². The van der Waals surface area contributed by atoms with Crippen molar-refractivity contribution in [3.8, 4) is 11.5 Å². The number of benzene rings is 1. The van der Waals surface area contributed by atoms with Crippen molar-refractivity contribution in [2.45, 2.75) is 19.6 Å². The maximum Gasteiger partial charge on any atom is 0.161 e. The average molecular weight is 313 g/mol. The Labute approximate surface area is 132 Å². The van der Waals surface area contributed by atoms with Gasteiger partial charge in [-0.05, 0) is 24.2 Å². The summed E-state index contributed by atoms with van der Waals surface area (Å²) >= 11 is 0. The molecule has 1 rings (SSSR count). The van der Waals surface area contributed by atoms with Crippen molar-refractivity contribution in [2.24, 2.45) is 0 Å². The smallest absolute Gasteiger partial charge is 0.161 e. The molecule has 2 N–H and O–H groups in total. The molecule has 0 amide bonds. The van der Waals surface area contributed by atoms with Gasteiger partial charge in [0.1, 0.15) is 0 Å². The lowest BCUT2D eigenvalue weighted by Crippen LogP contribution is -2.36. The lowest BCUT2D eigenvalue weighted by molar-refractivity contribution is 0.00849. The third kappa shape index (κ3) is 6.19. The van der Waals surface area contributed by atoms with Crippen LogP contribution in [0.25, 0.3) is 0 Å². The highest BCUT2D eigenvalue weighted by atomic mass is 16.5. The van der Waals surface area contributed by atoms with Crippen LogP contribution in [0.4, 0.5) is 0 Å². The predicted molar refractivity (Wildman–Crippen MR) is 84.4 cm³/mol. The van der Waals surface area contributed by atoms with E-state index in [1.807, 2.05) is 30.0 Å². The lowest BCUT2D eigenvalue weighted by atomic mass is 10.2. The number of likely N-dealkylation sites (N-methyl/N-ethyl adjacent to an activating group) is 1. The van der Waals surface area contributed by atoms with Crippen LogP contribution in [0.15, 0.2) is 18.2 Å². The zero-order chi connectivity index (χ0) is 16.4. The van der Waals surface area contributed by atoms with E-state index in [0.717, 1.165) is 12.1 Å². The summed E-state index contributed by atoms with van der Waals surface area (Å²) in [6.07, 6.45) is -0.577. The monoisotopic (exact) mass is 313 g/mol. The topological polar surface area (TPSA) is 71.4 Å². The van der Waals surface area contributed by atoms with Crippen molar-refractivity contribution >= 4 is 0 Å². The molecule has 1 aromatic carbocycles. The van der Waals surface area contributed by atoms with E-state index < -0.39 is 6.10 Å². The minimum atomic E-state index is -0.577. The van der Waals surface area contributed by atoms with Gasteiger partial charge in [0.15, 0.2) is 11.5 Å². The number of nitrogens with zero attached hydrogens (tertiary/aromatic N) is 1. The maximum absolute atomic E-state index is 9.95. The average Bonchev–Trinajstić information content (AvgIpc) is 2.54. The van der Waals surface area contributed by atoms with Gasteiger partial charge in [-0.1, -0.05) is 13.0 Å². The molecule has 0 aromatic heterocycles. The SMILES string of the molecule is CCN(CCO)C[C@@H](O)COCc1ccc(OC)c(OC)c1. The highest BCUT2D eigenvalue weighted by Crippen LogP contribution is 2.27. The van der Waals surface area contributed by atoms with E-state index in [2.05, 4.69) is 0 Å². The number of methoxy groups -OCH3 is 2. The molecular formula is C16H27NO5. The zero-order valence-electron chi connectivity index (χ0n) is 13.6. The normalized spacial score (nSPS) is 12.5. The molecule has 6 heteroatoms. The summed E-state index contributed by atoms with van der Waals surface area (Å²) in [7, 11) is 3.18. The van der Waals surface area contributed by atoms with Crippen LogP contribution in [0.2, 0.25) is 0 Å². The maximum atomic E-state index is 9.95. The van der Waals surface area contributed by atoms with Gasteiger partial charge in [0.25, 0.3) is 0 Å². The third-order valence-electron chi connectivity index (χ3n) is 3.36. The first kappa shape index (κ1) is 18.7. The second-order valence-electron chi connectivity index (χ2n) is 4.98. The molecule has 6 nitrogen and oxygen atoms in total. The minimum absolute atomic E-state index is 0.0903. The quantitative estimate of drug-likeness (QED) is 0.632. The van der Waals surface area contributed by atoms with Crippen LogP contribution < -0.4 is 9.47 Å². The molecule has 1 atom stereocenters. The lowest BCUT2D eigenvalue weighted by Gasteiger charge is -2.22. The fraction of sp³-hybridized carbons (Fsp3) is 0.625. The van der Waals surface area contributed by atoms with Crippen molar-refractivity contribution in [3.63, 3.8) is 0 Å². The zero-order valence-corrected chi connectivity index (χ0v) is 13.6. The summed E-state index contributed by atoms with van der Waals surface area (Å²) in [5.41, 5.74) is 0.951. The second-order valence-corrected chi connectivity index (χ2v) is 4.98. The fourth-order valence-corrected chi connectivity index (χ4v) is 2.15. The molecule has 0 radical (unpaired) electrons. The van der Waals surface area contributed by atoms with Gasteiger partial charge in [-0.2, -0.15) is 0 Å². The minimum Gasteiger partial charge on any atom is -0.493 e. The second kappa shape index (κ2) is 10.4. The van der Waals surface area contributed by atoms with Gasteiger partial charge in [0.2, 0.25) is 0 Å². The molecule has 0 bridgehead atoms. The van der Waals surface area contributed by atoms with Gasteiger partial charge in [0.05, 0.1) is 40.1 Å². The van der Waals surface area contributed by atoms with Gasteiger partial charge in [-0.3, -0.25) is 4.90 Å². The molecule has 0 saturated heterocycles. The summed E-state index contributed by atoms with van der Waals surface area (Å²) in [5.74, 6) is 1.33. The molecule has 0 aliphatic heterocycles. The molecule has 0 heterocycles. The fourth-order valence-electron chi connectivity index (χ4n) is 2.15. The summed E-state index contributed by atoms with van der Waals surface area (Å²) < 4.78 is 16.0. The summed E-state index contributed by atoms with van der Waals surface area (Å²) in [4.78, 5) is 1.98. The van der Waals surface area contributed by atoms with E-state index in [1.165, 1.54) is 0 Å². The van der Waals surface area contributed by atoms with E-state index in [-0.39, 0.29) is 13.2 Å². The van der Waals surface area contributed by atoms with Crippen molar-refractivity contribution in [1.82, 2.24) is 4.90 Å². The van der Waals surface area contributed by atoms with Crippen molar-refractivity contribution in [1.29, 1.82) is 0 Å². The molecule has 0 spiro atoms. The highest BCUT2D eigenvalue weighted by Gasteiger charge is 2.11. The standard InChI is InChI=1S/C16H27NO5/c1-4-17(7-8-18)10-14(19)12-22-11-13-5-6-15(20-2)16(9-13)21-3/h5-6,9,14,18-19H,4,7-8,10-12H2,1-3H3/t14-/m1/s1. The van der Waals surface area contributed by atoms with Crippen LogP contribution in [-0.2, 0) is 11.3 Å². The number of rotatable bonds is 11. The van der Waals surface area contributed by atoms with Crippen molar-refractivity contribution in [2.75, 3.05) is 47.1 Å². The Kier molecular flexibility index (Phi) is 8.84. The van der Waals surface area contributed by atoms with E-state index >= 15 is 0 Å². The van der Waals surface area contributed by atoms with Crippen molar-refractivity contribution < 1.29 is 24.4 Å². The van der Waals surface area contributed by atoms with Gasteiger partial charge >= 0.3 is 0 Å². The Morgan fingerprint density at radius 2 is 1.91 bits per heavy atom. The summed E-state index contributed by atoms with van der Waals surface area (Å²) in [6.45, 7) is 4.55. The van der Waals surface area contributed by atoms with Crippen molar-refractivity contribution in [3.05, 3.63) is 23.8 Å². The van der Waals surface area contributed by atoms with Crippen LogP contribution >= 0.6 is 0 Å². The summed E-state index contributed by atoms with van der Waals surface area (Å²) in [5, 5.41) is 18.9. The number of hydrogen-bond donors (Lipinski definition) is 2. The van der Waals surface area contributed by atoms with E-state index in [4.69, 9.17) is 19.3 Å². The van der Waals surface area contributed by atoms with Gasteiger partial charge in [-0.15, -0.1) is 0 Å². The first-order valence-electron chi connectivity index (χ1n) is 7.44. The Balaban J connectivity index is 2.40. The molecule has 0 fully saturated rings. The molecule has 126 valence electrons. The number of hydrogen-bond acceptors (Lipinski definition) is 6. The third-order valence-corrected chi connectivity index (χ3v) is 3.36. The number of aliphatic hydroxyl groups is 2. The largest absolute Gasteiger partial charge is 0.493 e. The van der Waals surface area contributed by atoms with E-state index in [1.54, 1.807) is 14.2 Å². The van der Waals surface area contributed by atoms with E-state index in [9.17, 15) is 5.11 Å². The van der Waals surface area contributed by atoms with Gasteiger partial charge < -0.3 is 24.4 Å². The molecule has 0 aliphatic rings. The first-order valence-corrected chi connectivity index (χ1v) is 7.44. The Morgan fingerprint density at radius 1 is 1.18 bits per heavy atom. The van der Waals surface area contributed by atoms with Crippen LogP contribution in [0.1, 0.15) is 12.5 Å². The number of aliphatic hydroxyl groups excluding tert-OH is 2. The highest BCUT2D eigenvalue weighted by molar-refractivity contribution is 5.42. The van der Waals surface area contributed by atoms with Gasteiger partial charge in [0, 0.05) is 13.1 Å². The Hall–Kier alpha value is -1.34. The van der Waals surface area contributed by atoms with E-state index in [0.29, 0.717) is 31.2 Å². The molecule has 0 unspecified atom stereocenters.